The standard InChI is InChI=1S/C15H13BrN4O/c1-21-12-7-10(16)4-5-11(12)14-13(15(17)20-19-14)9-3-2-6-18-8-9/h2-8H,1H3,(H3,17,19,20). The van der Waals surface area contributed by atoms with Crippen molar-refractivity contribution in [1.29, 1.82) is 0 Å². The minimum atomic E-state index is 0.433. The molecule has 0 saturated carbocycles. The van der Waals surface area contributed by atoms with Gasteiger partial charge < -0.3 is 10.5 Å². The molecule has 0 aliphatic carbocycles. The Hall–Kier alpha value is -2.34. The molecule has 0 saturated heterocycles. The lowest BCUT2D eigenvalue weighted by atomic mass is 10.0. The second-order valence-corrected chi connectivity index (χ2v) is 5.36. The zero-order chi connectivity index (χ0) is 14.8. The van der Waals surface area contributed by atoms with Gasteiger partial charge in [0.2, 0.25) is 0 Å². The highest BCUT2D eigenvalue weighted by Crippen LogP contribution is 2.39. The molecule has 0 spiro atoms. The minimum Gasteiger partial charge on any atom is -0.496 e. The van der Waals surface area contributed by atoms with Crippen LogP contribution in [0.15, 0.2) is 47.2 Å². The molecule has 1 aromatic carbocycles. The summed E-state index contributed by atoms with van der Waals surface area (Å²) in [5.41, 5.74) is 9.44. The van der Waals surface area contributed by atoms with Crippen molar-refractivity contribution in [2.75, 3.05) is 12.8 Å². The van der Waals surface area contributed by atoms with Crippen LogP contribution in [0.25, 0.3) is 22.4 Å². The fraction of sp³-hybridized carbons (Fsp3) is 0.0667. The number of hydrogen-bond donors (Lipinski definition) is 2. The van der Waals surface area contributed by atoms with E-state index in [0.717, 1.165) is 32.6 Å². The Morgan fingerprint density at radius 1 is 1.29 bits per heavy atom. The third-order valence-electron chi connectivity index (χ3n) is 3.18. The summed E-state index contributed by atoms with van der Waals surface area (Å²) in [6, 6.07) is 9.62. The predicted octanol–water partition coefficient (Wildman–Crippen LogP) is 3.49. The van der Waals surface area contributed by atoms with Gasteiger partial charge in [-0.1, -0.05) is 22.0 Å². The quantitative estimate of drug-likeness (QED) is 0.762. The summed E-state index contributed by atoms with van der Waals surface area (Å²) in [6.45, 7) is 0. The number of H-pyrrole nitrogens is 1. The Kier molecular flexibility index (Phi) is 3.62. The van der Waals surface area contributed by atoms with Crippen molar-refractivity contribution in [3.05, 3.63) is 47.2 Å². The molecule has 0 bridgehead atoms. The molecule has 0 aliphatic heterocycles. The summed E-state index contributed by atoms with van der Waals surface area (Å²) in [6.07, 6.45) is 3.48. The molecule has 3 N–H and O–H groups in total. The fourth-order valence-electron chi connectivity index (χ4n) is 2.23. The fourth-order valence-corrected chi connectivity index (χ4v) is 2.57. The number of aromatic nitrogens is 3. The van der Waals surface area contributed by atoms with Crippen molar-refractivity contribution in [1.82, 2.24) is 15.2 Å². The molecule has 0 fully saturated rings. The number of ether oxygens (including phenoxy) is 1. The van der Waals surface area contributed by atoms with E-state index in [1.165, 1.54) is 0 Å². The highest BCUT2D eigenvalue weighted by molar-refractivity contribution is 9.10. The molecule has 2 aromatic heterocycles. The van der Waals surface area contributed by atoms with Crippen molar-refractivity contribution in [2.24, 2.45) is 0 Å². The maximum Gasteiger partial charge on any atom is 0.153 e. The van der Waals surface area contributed by atoms with Gasteiger partial charge in [-0.15, -0.1) is 0 Å². The maximum absolute atomic E-state index is 6.01. The monoisotopic (exact) mass is 344 g/mol. The number of halogens is 1. The molecule has 106 valence electrons. The molecule has 0 amide bonds. The van der Waals surface area contributed by atoms with Gasteiger partial charge in [-0.3, -0.25) is 10.1 Å². The molecular weight excluding hydrogens is 332 g/mol. The molecule has 6 heteroatoms. The number of aromatic amines is 1. The van der Waals surface area contributed by atoms with E-state index in [0.29, 0.717) is 5.82 Å². The van der Waals surface area contributed by atoms with Crippen LogP contribution in [0.5, 0.6) is 5.75 Å². The zero-order valence-corrected chi connectivity index (χ0v) is 12.9. The number of benzene rings is 1. The van der Waals surface area contributed by atoms with Gasteiger partial charge >= 0.3 is 0 Å². The predicted molar refractivity (Wildman–Crippen MR) is 85.9 cm³/mol. The largest absolute Gasteiger partial charge is 0.496 e. The number of anilines is 1. The van der Waals surface area contributed by atoms with Crippen molar-refractivity contribution in [3.8, 4) is 28.1 Å². The first kappa shape index (κ1) is 13.6. The first-order valence-electron chi connectivity index (χ1n) is 6.29. The number of rotatable bonds is 3. The molecule has 3 aromatic rings. The third-order valence-corrected chi connectivity index (χ3v) is 3.67. The first-order chi connectivity index (χ1) is 10.2. The third kappa shape index (κ3) is 2.50. The number of pyridine rings is 1. The van der Waals surface area contributed by atoms with E-state index < -0.39 is 0 Å². The van der Waals surface area contributed by atoms with E-state index in [1.54, 1.807) is 19.5 Å². The Balaban J connectivity index is 2.21. The number of nitrogen functional groups attached to an aromatic ring is 1. The molecule has 5 nitrogen and oxygen atoms in total. The average Bonchev–Trinajstić information content (AvgIpc) is 2.89. The summed E-state index contributed by atoms with van der Waals surface area (Å²) in [5, 5.41) is 7.11. The van der Waals surface area contributed by atoms with E-state index in [1.807, 2.05) is 30.3 Å². The summed E-state index contributed by atoms with van der Waals surface area (Å²) < 4.78 is 6.39. The summed E-state index contributed by atoms with van der Waals surface area (Å²) in [7, 11) is 1.63. The van der Waals surface area contributed by atoms with Gasteiger partial charge in [-0.05, 0) is 24.3 Å². The number of nitrogens with two attached hydrogens (primary N) is 1. The van der Waals surface area contributed by atoms with Gasteiger partial charge in [0.25, 0.3) is 0 Å². The Morgan fingerprint density at radius 2 is 2.14 bits per heavy atom. The van der Waals surface area contributed by atoms with Crippen LogP contribution >= 0.6 is 15.9 Å². The SMILES string of the molecule is COc1cc(Br)ccc1-c1[nH]nc(N)c1-c1cccnc1. The second kappa shape index (κ2) is 5.57. The average molecular weight is 345 g/mol. The lowest BCUT2D eigenvalue weighted by Gasteiger charge is -2.09. The number of nitrogens with zero attached hydrogens (tertiary/aromatic N) is 2. The lowest BCUT2D eigenvalue weighted by molar-refractivity contribution is 0.416. The molecule has 0 aliphatic rings. The van der Waals surface area contributed by atoms with Crippen LogP contribution in [0.2, 0.25) is 0 Å². The van der Waals surface area contributed by atoms with E-state index in [-0.39, 0.29) is 0 Å². The van der Waals surface area contributed by atoms with Gasteiger partial charge in [-0.25, -0.2) is 0 Å². The number of methoxy groups -OCH3 is 1. The maximum atomic E-state index is 6.01. The summed E-state index contributed by atoms with van der Waals surface area (Å²) in [4.78, 5) is 4.14. The van der Waals surface area contributed by atoms with Crippen LogP contribution in [0.1, 0.15) is 0 Å². The van der Waals surface area contributed by atoms with Crippen LogP contribution in [-0.2, 0) is 0 Å². The van der Waals surface area contributed by atoms with E-state index in [9.17, 15) is 0 Å². The topological polar surface area (TPSA) is 76.8 Å². The summed E-state index contributed by atoms with van der Waals surface area (Å²) >= 11 is 3.44. The Labute approximate surface area is 130 Å². The van der Waals surface area contributed by atoms with Crippen LogP contribution in [0.4, 0.5) is 5.82 Å². The second-order valence-electron chi connectivity index (χ2n) is 4.45. The van der Waals surface area contributed by atoms with Crippen molar-refractivity contribution in [2.45, 2.75) is 0 Å². The molecule has 0 atom stereocenters. The molecule has 21 heavy (non-hydrogen) atoms. The number of hydrogen-bond acceptors (Lipinski definition) is 4. The molecule has 0 unspecified atom stereocenters. The van der Waals surface area contributed by atoms with Crippen LogP contribution < -0.4 is 10.5 Å². The Bertz CT molecular complexity index is 771. The van der Waals surface area contributed by atoms with Gasteiger partial charge in [-0.2, -0.15) is 5.10 Å². The molecule has 3 rings (SSSR count). The molecule has 0 radical (unpaired) electrons. The van der Waals surface area contributed by atoms with Crippen molar-refractivity contribution < 1.29 is 4.74 Å². The van der Waals surface area contributed by atoms with Crippen molar-refractivity contribution in [3.63, 3.8) is 0 Å². The highest BCUT2D eigenvalue weighted by atomic mass is 79.9. The minimum absolute atomic E-state index is 0.433. The van der Waals surface area contributed by atoms with Crippen LogP contribution in [0.3, 0.4) is 0 Å². The highest BCUT2D eigenvalue weighted by Gasteiger charge is 2.18. The molecular formula is C15H13BrN4O. The molecule has 2 heterocycles. The van der Waals surface area contributed by atoms with Crippen LogP contribution in [-0.4, -0.2) is 22.3 Å². The summed E-state index contributed by atoms with van der Waals surface area (Å²) in [5.74, 6) is 1.17. The smallest absolute Gasteiger partial charge is 0.153 e. The van der Waals surface area contributed by atoms with E-state index in [4.69, 9.17) is 10.5 Å². The van der Waals surface area contributed by atoms with Crippen LogP contribution in [0, 0.1) is 0 Å². The Morgan fingerprint density at radius 3 is 2.86 bits per heavy atom. The van der Waals surface area contributed by atoms with Gasteiger partial charge in [0.15, 0.2) is 5.82 Å². The number of nitrogens with one attached hydrogen (secondary N) is 1. The first-order valence-corrected chi connectivity index (χ1v) is 7.08. The lowest BCUT2D eigenvalue weighted by Crippen LogP contribution is -1.92. The van der Waals surface area contributed by atoms with Crippen molar-refractivity contribution >= 4 is 21.7 Å². The zero-order valence-electron chi connectivity index (χ0n) is 11.3. The normalized spacial score (nSPS) is 10.6. The van der Waals surface area contributed by atoms with E-state index >= 15 is 0 Å². The van der Waals surface area contributed by atoms with Gasteiger partial charge in [0, 0.05) is 28.0 Å². The van der Waals surface area contributed by atoms with Gasteiger partial charge in [0.1, 0.15) is 5.75 Å². The van der Waals surface area contributed by atoms with E-state index in [2.05, 4.69) is 31.1 Å². The van der Waals surface area contributed by atoms with Gasteiger partial charge in [0.05, 0.1) is 18.4 Å².